The summed E-state index contributed by atoms with van der Waals surface area (Å²) in [6.45, 7) is 5.69. The molecule has 1 heterocycles. The van der Waals surface area contributed by atoms with Crippen molar-refractivity contribution in [1.82, 2.24) is 4.98 Å². The molecule has 1 amide bonds. The van der Waals surface area contributed by atoms with Crippen LogP contribution in [0.25, 0.3) is 0 Å². The molecule has 5 nitrogen and oxygen atoms in total. The van der Waals surface area contributed by atoms with Gasteiger partial charge in [0.15, 0.2) is 5.78 Å². The summed E-state index contributed by atoms with van der Waals surface area (Å²) in [6, 6.07) is 16.5. The van der Waals surface area contributed by atoms with E-state index in [4.69, 9.17) is 0 Å². The van der Waals surface area contributed by atoms with Crippen LogP contribution in [0.1, 0.15) is 45.8 Å². The Morgan fingerprint density at radius 1 is 0.964 bits per heavy atom. The normalized spacial score (nSPS) is 10.4. The molecular weight excluding hydrogens is 350 g/mol. The first-order valence-corrected chi connectivity index (χ1v) is 9.22. The zero-order chi connectivity index (χ0) is 20.1. The summed E-state index contributed by atoms with van der Waals surface area (Å²) < 4.78 is 0. The van der Waals surface area contributed by atoms with Crippen molar-refractivity contribution in [3.05, 3.63) is 83.2 Å². The van der Waals surface area contributed by atoms with Crippen LogP contribution in [-0.2, 0) is 6.42 Å². The predicted molar refractivity (Wildman–Crippen MR) is 112 cm³/mol. The van der Waals surface area contributed by atoms with Crippen LogP contribution in [0.15, 0.2) is 60.8 Å². The van der Waals surface area contributed by atoms with E-state index in [2.05, 4.69) is 41.6 Å². The van der Waals surface area contributed by atoms with E-state index in [1.165, 1.54) is 12.5 Å². The summed E-state index contributed by atoms with van der Waals surface area (Å²) in [5.41, 5.74) is 5.84. The second-order valence-corrected chi connectivity index (χ2v) is 6.61. The fourth-order valence-corrected chi connectivity index (χ4v) is 2.93. The molecule has 0 bridgehead atoms. The number of nitrogens with one attached hydrogen (secondary N) is 2. The van der Waals surface area contributed by atoms with Gasteiger partial charge in [-0.2, -0.15) is 0 Å². The number of anilines is 3. The van der Waals surface area contributed by atoms with Crippen molar-refractivity contribution in [2.75, 3.05) is 10.6 Å². The van der Waals surface area contributed by atoms with Crippen LogP contribution < -0.4 is 10.6 Å². The van der Waals surface area contributed by atoms with Gasteiger partial charge in [-0.3, -0.25) is 9.59 Å². The van der Waals surface area contributed by atoms with E-state index in [9.17, 15) is 9.59 Å². The molecule has 28 heavy (non-hydrogen) atoms. The van der Waals surface area contributed by atoms with Gasteiger partial charge in [-0.05, 0) is 67.8 Å². The van der Waals surface area contributed by atoms with Gasteiger partial charge >= 0.3 is 0 Å². The van der Waals surface area contributed by atoms with Crippen molar-refractivity contribution in [2.45, 2.75) is 27.2 Å². The number of carbonyl (C=O) groups is 2. The van der Waals surface area contributed by atoms with E-state index in [0.717, 1.165) is 23.4 Å². The Morgan fingerprint density at radius 3 is 2.29 bits per heavy atom. The van der Waals surface area contributed by atoms with Crippen LogP contribution in [-0.4, -0.2) is 16.7 Å². The smallest absolute Gasteiger partial charge is 0.274 e. The highest BCUT2D eigenvalue weighted by Crippen LogP contribution is 2.25. The topological polar surface area (TPSA) is 71.1 Å². The summed E-state index contributed by atoms with van der Waals surface area (Å²) in [4.78, 5) is 28.0. The first-order valence-electron chi connectivity index (χ1n) is 9.22. The maximum absolute atomic E-state index is 12.4. The molecule has 0 radical (unpaired) electrons. The maximum Gasteiger partial charge on any atom is 0.274 e. The van der Waals surface area contributed by atoms with Gasteiger partial charge in [0.05, 0.1) is 11.9 Å². The lowest BCUT2D eigenvalue weighted by atomic mass is 10.1. The van der Waals surface area contributed by atoms with Crippen LogP contribution >= 0.6 is 0 Å². The summed E-state index contributed by atoms with van der Waals surface area (Å²) in [7, 11) is 0. The average molecular weight is 373 g/mol. The van der Waals surface area contributed by atoms with Crippen molar-refractivity contribution in [3.8, 4) is 0 Å². The van der Waals surface area contributed by atoms with Gasteiger partial charge in [-0.15, -0.1) is 0 Å². The lowest BCUT2D eigenvalue weighted by molar-refractivity contribution is 0.101. The highest BCUT2D eigenvalue weighted by molar-refractivity contribution is 6.03. The minimum Gasteiger partial charge on any atom is -0.354 e. The molecule has 0 saturated heterocycles. The fourth-order valence-electron chi connectivity index (χ4n) is 2.93. The fraction of sp³-hybridized carbons (Fsp3) is 0.174. The minimum absolute atomic E-state index is 0.0116. The van der Waals surface area contributed by atoms with E-state index < -0.39 is 0 Å². The van der Waals surface area contributed by atoms with E-state index in [-0.39, 0.29) is 11.7 Å². The Bertz CT molecular complexity index is 993. The Labute approximate surface area is 164 Å². The van der Waals surface area contributed by atoms with Crippen molar-refractivity contribution in [3.63, 3.8) is 0 Å². The number of hydrogen-bond acceptors (Lipinski definition) is 4. The number of rotatable bonds is 6. The van der Waals surface area contributed by atoms with Crippen molar-refractivity contribution < 1.29 is 9.59 Å². The second kappa shape index (κ2) is 8.48. The Balaban J connectivity index is 1.70. The minimum atomic E-state index is -0.299. The van der Waals surface area contributed by atoms with E-state index in [0.29, 0.717) is 16.9 Å². The molecular formula is C23H23N3O2. The standard InChI is InChI=1S/C23H23N3O2/c1-4-17-7-5-6-15(2)22(17)25-20-12-13-21(24-14-20)23(28)26-19-10-8-18(9-11-19)16(3)27/h5-14,25H,4H2,1-3H3,(H,26,28). The number of Topliss-reactive ketones (excluding diaryl/α,β-unsaturated/α-hetero) is 1. The number of carbonyl (C=O) groups excluding carboxylic acids is 2. The molecule has 1 aromatic heterocycles. The summed E-state index contributed by atoms with van der Waals surface area (Å²) in [5.74, 6) is -0.310. The van der Waals surface area contributed by atoms with Crippen LogP contribution in [0, 0.1) is 6.92 Å². The molecule has 0 saturated carbocycles. The molecule has 142 valence electrons. The molecule has 2 N–H and O–H groups in total. The van der Waals surface area contributed by atoms with Gasteiger partial charge in [0.25, 0.3) is 5.91 Å². The highest BCUT2D eigenvalue weighted by atomic mass is 16.2. The van der Waals surface area contributed by atoms with E-state index >= 15 is 0 Å². The molecule has 3 rings (SSSR count). The zero-order valence-electron chi connectivity index (χ0n) is 16.2. The average Bonchev–Trinajstić information content (AvgIpc) is 2.70. The Morgan fingerprint density at radius 2 is 1.68 bits per heavy atom. The second-order valence-electron chi connectivity index (χ2n) is 6.61. The summed E-state index contributed by atoms with van der Waals surface area (Å²) in [5, 5.41) is 6.19. The van der Waals surface area contributed by atoms with E-state index in [1.54, 1.807) is 36.5 Å². The molecule has 0 atom stereocenters. The Kier molecular flexibility index (Phi) is 5.84. The summed E-state index contributed by atoms with van der Waals surface area (Å²) in [6.07, 6.45) is 2.58. The number of para-hydroxylation sites is 1. The monoisotopic (exact) mass is 373 g/mol. The molecule has 0 unspecified atom stereocenters. The van der Waals surface area contributed by atoms with Crippen LogP contribution in [0.3, 0.4) is 0 Å². The third-order valence-corrected chi connectivity index (χ3v) is 4.55. The predicted octanol–water partition coefficient (Wildman–Crippen LogP) is 5.15. The first kappa shape index (κ1) is 19.3. The van der Waals surface area contributed by atoms with Crippen LogP contribution in [0.4, 0.5) is 17.1 Å². The molecule has 2 aromatic carbocycles. The van der Waals surface area contributed by atoms with Crippen LogP contribution in [0.2, 0.25) is 0 Å². The van der Waals surface area contributed by atoms with Gasteiger partial charge in [0.2, 0.25) is 0 Å². The van der Waals surface area contributed by atoms with Gasteiger partial charge in [-0.1, -0.05) is 25.1 Å². The van der Waals surface area contributed by atoms with Crippen LogP contribution in [0.5, 0.6) is 0 Å². The molecule has 0 aliphatic carbocycles. The maximum atomic E-state index is 12.4. The number of pyridine rings is 1. The largest absolute Gasteiger partial charge is 0.354 e. The van der Waals surface area contributed by atoms with Gasteiger partial charge in [0, 0.05) is 16.9 Å². The van der Waals surface area contributed by atoms with Gasteiger partial charge < -0.3 is 10.6 Å². The van der Waals surface area contributed by atoms with Gasteiger partial charge in [-0.25, -0.2) is 4.98 Å². The quantitative estimate of drug-likeness (QED) is 0.586. The number of aromatic nitrogens is 1. The van der Waals surface area contributed by atoms with Crippen molar-refractivity contribution in [1.29, 1.82) is 0 Å². The number of ketones is 1. The SMILES string of the molecule is CCc1cccc(C)c1Nc1ccc(C(=O)Nc2ccc(C(C)=O)cc2)nc1. The lowest BCUT2D eigenvalue weighted by Gasteiger charge is -2.14. The number of aryl methyl sites for hydroxylation is 2. The molecule has 0 aliphatic heterocycles. The lowest BCUT2D eigenvalue weighted by Crippen LogP contribution is -2.13. The van der Waals surface area contributed by atoms with Crippen molar-refractivity contribution >= 4 is 28.8 Å². The first-order chi connectivity index (χ1) is 13.5. The molecule has 0 spiro atoms. The van der Waals surface area contributed by atoms with Gasteiger partial charge in [0.1, 0.15) is 5.69 Å². The highest BCUT2D eigenvalue weighted by Gasteiger charge is 2.10. The number of nitrogens with zero attached hydrogens (tertiary/aromatic N) is 1. The number of amides is 1. The number of hydrogen-bond donors (Lipinski definition) is 2. The molecule has 0 aliphatic rings. The number of benzene rings is 2. The third-order valence-electron chi connectivity index (χ3n) is 4.55. The zero-order valence-corrected chi connectivity index (χ0v) is 16.2. The van der Waals surface area contributed by atoms with Crippen molar-refractivity contribution in [2.24, 2.45) is 0 Å². The molecule has 3 aromatic rings. The van der Waals surface area contributed by atoms with E-state index in [1.807, 2.05) is 12.1 Å². The molecule has 5 heteroatoms. The third kappa shape index (κ3) is 4.43. The Hall–Kier alpha value is -3.47. The molecule has 0 fully saturated rings. The summed E-state index contributed by atoms with van der Waals surface area (Å²) >= 11 is 0.